The predicted octanol–water partition coefficient (Wildman–Crippen LogP) is 8.87. The van der Waals surface area contributed by atoms with E-state index in [4.69, 9.17) is 0 Å². The van der Waals surface area contributed by atoms with Crippen LogP contribution in [0.2, 0.25) is 0 Å². The molecule has 0 nitrogen and oxygen atoms in total. The molecule has 0 aliphatic rings. The number of rotatable bonds is 9. The second kappa shape index (κ2) is 9.33. The molecule has 0 spiro atoms. The molecule has 0 atom stereocenters. The van der Waals surface area contributed by atoms with Crippen molar-refractivity contribution in [3.05, 3.63) is 45.1 Å². The predicted molar refractivity (Wildman–Crippen MR) is 116 cm³/mol. The van der Waals surface area contributed by atoms with Gasteiger partial charge in [0.15, 0.2) is 0 Å². The van der Waals surface area contributed by atoms with Gasteiger partial charge in [0.1, 0.15) is 0 Å². The lowest BCUT2D eigenvalue weighted by Crippen LogP contribution is -1.82. The molecule has 0 aromatic carbocycles. The highest BCUT2D eigenvalue weighted by Gasteiger charge is 2.09. The molecule has 24 heavy (non-hydrogen) atoms. The molecule has 0 aliphatic heterocycles. The van der Waals surface area contributed by atoms with E-state index in [1.807, 2.05) is 22.7 Å². The van der Waals surface area contributed by atoms with E-state index in [-0.39, 0.29) is 0 Å². The van der Waals surface area contributed by atoms with Crippen molar-refractivity contribution in [2.45, 2.75) is 51.9 Å². The van der Waals surface area contributed by atoms with Gasteiger partial charge in [-0.15, -0.1) is 34.0 Å². The minimum Gasteiger partial charge on any atom is -0.139 e. The van der Waals surface area contributed by atoms with Crippen molar-refractivity contribution < 1.29 is 0 Å². The summed E-state index contributed by atoms with van der Waals surface area (Å²) in [6.45, 7) is 2.28. The second-order valence-corrected chi connectivity index (χ2v) is 10.8. The van der Waals surface area contributed by atoms with Gasteiger partial charge in [-0.3, -0.25) is 0 Å². The fourth-order valence-electron chi connectivity index (χ4n) is 2.77. The van der Waals surface area contributed by atoms with Crippen LogP contribution in [0.25, 0.3) is 19.5 Å². The van der Waals surface area contributed by atoms with Gasteiger partial charge >= 0.3 is 0 Å². The van der Waals surface area contributed by atoms with Crippen LogP contribution in [0.1, 0.15) is 50.3 Å². The van der Waals surface area contributed by atoms with Gasteiger partial charge < -0.3 is 0 Å². The smallest absolute Gasteiger partial charge is 0.0705 e. The van der Waals surface area contributed by atoms with Crippen molar-refractivity contribution in [1.29, 1.82) is 0 Å². The van der Waals surface area contributed by atoms with Gasteiger partial charge in [-0.25, -0.2) is 0 Å². The van der Waals surface area contributed by atoms with E-state index in [1.54, 1.807) is 11.3 Å². The zero-order chi connectivity index (χ0) is 16.8. The molecule has 0 N–H and O–H groups in total. The first-order valence-electron chi connectivity index (χ1n) is 8.71. The lowest BCUT2D eigenvalue weighted by Gasteiger charge is -1.99. The van der Waals surface area contributed by atoms with Crippen molar-refractivity contribution in [3.63, 3.8) is 0 Å². The van der Waals surface area contributed by atoms with Gasteiger partial charge in [0.05, 0.1) is 3.79 Å². The average Bonchev–Trinajstić information content (AvgIpc) is 3.30. The molecule has 0 radical (unpaired) electrons. The molecular weight excluding hydrogens is 416 g/mol. The third kappa shape index (κ3) is 5.04. The topological polar surface area (TPSA) is 0 Å². The Morgan fingerprint density at radius 1 is 0.667 bits per heavy atom. The highest BCUT2D eigenvalue weighted by Crippen LogP contribution is 2.40. The molecule has 0 fully saturated rings. The highest BCUT2D eigenvalue weighted by molar-refractivity contribution is 9.11. The van der Waals surface area contributed by atoms with E-state index in [0.29, 0.717) is 0 Å². The Kier molecular flexibility index (Phi) is 7.14. The summed E-state index contributed by atoms with van der Waals surface area (Å²) in [6.07, 6.45) is 9.49. The van der Waals surface area contributed by atoms with Crippen LogP contribution in [0.4, 0.5) is 0 Å². The maximum absolute atomic E-state index is 3.55. The standard InChI is InChI=1S/C20H23BrS3/c1-2-3-4-5-6-7-8-15-9-10-16(22-15)17-11-12-18(23-17)19-13-14-20(21)24-19/h9-14H,2-8H2,1H3. The molecule has 0 saturated heterocycles. The Bertz CT molecular complexity index is 750. The van der Waals surface area contributed by atoms with Crippen molar-refractivity contribution >= 4 is 49.9 Å². The van der Waals surface area contributed by atoms with Crippen molar-refractivity contribution in [3.8, 4) is 19.5 Å². The first-order chi connectivity index (χ1) is 11.8. The molecule has 3 aromatic rings. The molecule has 0 unspecified atom stereocenters. The first kappa shape index (κ1) is 18.4. The largest absolute Gasteiger partial charge is 0.139 e. The molecule has 0 aliphatic carbocycles. The second-order valence-electron chi connectivity index (χ2n) is 6.05. The monoisotopic (exact) mass is 438 g/mol. The maximum Gasteiger partial charge on any atom is 0.0705 e. The third-order valence-electron chi connectivity index (χ3n) is 4.10. The Hall–Kier alpha value is -0.420. The SMILES string of the molecule is CCCCCCCCc1ccc(-c2ccc(-c3ccc(Br)s3)s2)s1. The highest BCUT2D eigenvalue weighted by atomic mass is 79.9. The Balaban J connectivity index is 1.55. The van der Waals surface area contributed by atoms with E-state index in [2.05, 4.69) is 59.3 Å². The van der Waals surface area contributed by atoms with Gasteiger partial charge in [0.25, 0.3) is 0 Å². The lowest BCUT2D eigenvalue weighted by molar-refractivity contribution is 0.609. The van der Waals surface area contributed by atoms with Crippen LogP contribution in [-0.2, 0) is 6.42 Å². The molecule has 3 aromatic heterocycles. The quantitative estimate of drug-likeness (QED) is 0.292. The van der Waals surface area contributed by atoms with Crippen LogP contribution < -0.4 is 0 Å². The van der Waals surface area contributed by atoms with E-state index in [1.165, 1.54) is 73.1 Å². The fraction of sp³-hybridized carbons (Fsp3) is 0.400. The van der Waals surface area contributed by atoms with Gasteiger partial charge in [-0.05, 0) is 65.2 Å². The summed E-state index contributed by atoms with van der Waals surface area (Å²) in [5.74, 6) is 0. The van der Waals surface area contributed by atoms with E-state index < -0.39 is 0 Å². The van der Waals surface area contributed by atoms with Gasteiger partial charge in [0.2, 0.25) is 0 Å². The van der Waals surface area contributed by atoms with Crippen LogP contribution in [0, 0.1) is 0 Å². The Morgan fingerprint density at radius 2 is 1.25 bits per heavy atom. The zero-order valence-electron chi connectivity index (χ0n) is 14.0. The number of hydrogen-bond acceptors (Lipinski definition) is 3. The van der Waals surface area contributed by atoms with Crippen LogP contribution in [-0.4, -0.2) is 0 Å². The number of halogens is 1. The third-order valence-corrected chi connectivity index (χ3v) is 8.35. The molecule has 4 heteroatoms. The maximum atomic E-state index is 3.55. The normalized spacial score (nSPS) is 11.2. The van der Waals surface area contributed by atoms with Crippen LogP contribution in [0.5, 0.6) is 0 Å². The number of thiophene rings is 3. The summed E-state index contributed by atoms with van der Waals surface area (Å²) in [5.41, 5.74) is 0. The summed E-state index contributed by atoms with van der Waals surface area (Å²) in [7, 11) is 0. The van der Waals surface area contributed by atoms with Crippen molar-refractivity contribution in [1.82, 2.24) is 0 Å². The fourth-order valence-corrected chi connectivity index (χ4v) is 6.40. The van der Waals surface area contributed by atoms with Gasteiger partial charge in [-0.2, -0.15) is 0 Å². The van der Waals surface area contributed by atoms with Gasteiger partial charge in [-0.1, -0.05) is 39.0 Å². The average molecular weight is 440 g/mol. The minimum atomic E-state index is 1.20. The van der Waals surface area contributed by atoms with Gasteiger partial charge in [0, 0.05) is 24.4 Å². The summed E-state index contributed by atoms with van der Waals surface area (Å²) in [6, 6.07) is 13.5. The first-order valence-corrected chi connectivity index (χ1v) is 11.9. The molecule has 128 valence electrons. The van der Waals surface area contributed by atoms with E-state index in [0.717, 1.165) is 0 Å². The number of unbranched alkanes of at least 4 members (excludes halogenated alkanes) is 5. The van der Waals surface area contributed by atoms with Crippen LogP contribution in [0.15, 0.2) is 40.2 Å². The zero-order valence-corrected chi connectivity index (χ0v) is 18.1. The Labute approximate surface area is 165 Å². The molecule has 0 amide bonds. The van der Waals surface area contributed by atoms with E-state index >= 15 is 0 Å². The number of hydrogen-bond donors (Lipinski definition) is 0. The van der Waals surface area contributed by atoms with Crippen molar-refractivity contribution in [2.24, 2.45) is 0 Å². The summed E-state index contributed by atoms with van der Waals surface area (Å²) < 4.78 is 1.20. The Morgan fingerprint density at radius 3 is 1.96 bits per heavy atom. The summed E-state index contributed by atoms with van der Waals surface area (Å²) >= 11 is 9.23. The molecule has 3 rings (SSSR count). The molecule has 3 heterocycles. The molecular formula is C20H23BrS3. The molecule has 0 saturated carbocycles. The minimum absolute atomic E-state index is 1.20. The molecule has 0 bridgehead atoms. The lowest BCUT2D eigenvalue weighted by atomic mass is 10.1. The summed E-state index contributed by atoms with van der Waals surface area (Å²) in [4.78, 5) is 7.07. The number of aryl methyl sites for hydroxylation is 1. The summed E-state index contributed by atoms with van der Waals surface area (Å²) in [5, 5.41) is 0. The van der Waals surface area contributed by atoms with Crippen molar-refractivity contribution in [2.75, 3.05) is 0 Å². The van der Waals surface area contributed by atoms with Crippen LogP contribution >= 0.6 is 49.9 Å². The van der Waals surface area contributed by atoms with Crippen LogP contribution in [0.3, 0.4) is 0 Å². The van der Waals surface area contributed by atoms with E-state index in [9.17, 15) is 0 Å².